The van der Waals surface area contributed by atoms with Crippen LogP contribution in [0.2, 0.25) is 5.02 Å². The number of nitrogens with zero attached hydrogens (tertiary/aromatic N) is 1. The lowest BCUT2D eigenvalue weighted by molar-refractivity contribution is -0.138. The zero-order valence-electron chi connectivity index (χ0n) is 23.3. The van der Waals surface area contributed by atoms with E-state index in [-0.39, 0.29) is 28.4 Å². The number of aliphatic carboxylic acids is 1. The van der Waals surface area contributed by atoms with Crippen molar-refractivity contribution in [1.82, 2.24) is 20.5 Å². The van der Waals surface area contributed by atoms with Crippen LogP contribution >= 0.6 is 19.3 Å². The molecule has 0 radical (unpaired) electrons. The molecule has 13 nitrogen and oxygen atoms in total. The number of fused-ring (bicyclic) bond motifs is 1. The van der Waals surface area contributed by atoms with Crippen LogP contribution in [-0.2, 0) is 13.9 Å². The van der Waals surface area contributed by atoms with Crippen molar-refractivity contribution in [2.45, 2.75) is 51.8 Å². The molecule has 5 N–H and O–H groups in total. The molecule has 42 heavy (non-hydrogen) atoms. The number of ether oxygens (including phenoxy) is 2. The highest BCUT2D eigenvalue weighted by Gasteiger charge is 2.33. The third-order valence-electron chi connectivity index (χ3n) is 5.94. The number of hydrogen-bond acceptors (Lipinski definition) is 8. The van der Waals surface area contributed by atoms with E-state index in [9.17, 15) is 24.1 Å². The highest BCUT2D eigenvalue weighted by atomic mass is 35.5. The third-order valence-corrected chi connectivity index (χ3v) is 8.19. The maximum Gasteiger partial charge on any atom is 0.369 e. The van der Waals surface area contributed by atoms with E-state index in [1.165, 1.54) is 38.4 Å². The van der Waals surface area contributed by atoms with Gasteiger partial charge in [0.2, 0.25) is 0 Å². The molecule has 2 atom stereocenters. The average molecular weight is 620 g/mol. The second-order valence-corrected chi connectivity index (χ2v) is 12.0. The first-order valence-electron chi connectivity index (χ1n) is 13.0. The number of carbonyl (C=O) groups is 3. The molecule has 1 heterocycles. The van der Waals surface area contributed by atoms with Gasteiger partial charge < -0.3 is 25.2 Å². The Kier molecular flexibility index (Phi) is 9.57. The van der Waals surface area contributed by atoms with E-state index < -0.39 is 31.7 Å². The first kappa shape index (κ1) is 31.0. The Labute approximate surface area is 246 Å². The number of nitrogens with one attached hydrogen (secondary N) is 4. The molecule has 0 bridgehead atoms. The molecule has 0 spiro atoms. The van der Waals surface area contributed by atoms with Crippen molar-refractivity contribution in [3.63, 3.8) is 0 Å². The van der Waals surface area contributed by atoms with E-state index >= 15 is 0 Å². The van der Waals surface area contributed by atoms with Crippen molar-refractivity contribution < 1.29 is 38.1 Å². The van der Waals surface area contributed by atoms with Gasteiger partial charge in [0, 0.05) is 29.8 Å². The number of benzene rings is 2. The highest BCUT2D eigenvalue weighted by Crippen LogP contribution is 2.41. The van der Waals surface area contributed by atoms with Crippen molar-refractivity contribution in [3.05, 3.63) is 53.2 Å². The molecule has 1 aliphatic rings. The van der Waals surface area contributed by atoms with Gasteiger partial charge >= 0.3 is 19.7 Å². The molecule has 2 unspecified atom stereocenters. The van der Waals surface area contributed by atoms with Crippen molar-refractivity contribution in [2.75, 3.05) is 12.4 Å². The van der Waals surface area contributed by atoms with Crippen LogP contribution in [0.4, 0.5) is 10.5 Å². The van der Waals surface area contributed by atoms with E-state index in [4.69, 9.17) is 25.6 Å². The van der Waals surface area contributed by atoms with Crippen LogP contribution in [0.1, 0.15) is 44.0 Å². The molecule has 224 valence electrons. The predicted octanol–water partition coefficient (Wildman–Crippen LogP) is 5.30. The summed E-state index contributed by atoms with van der Waals surface area (Å²) in [6, 6.07) is 7.88. The third kappa shape index (κ3) is 7.89. The van der Waals surface area contributed by atoms with Gasteiger partial charge in [-0.2, -0.15) is 0 Å². The minimum Gasteiger partial charge on any atom is -0.496 e. The van der Waals surface area contributed by atoms with Gasteiger partial charge in [-0.3, -0.25) is 24.2 Å². The highest BCUT2D eigenvalue weighted by molar-refractivity contribution is 7.55. The molecular weight excluding hydrogens is 589 g/mol. The lowest BCUT2D eigenvalue weighted by atomic mass is 10.1. The molecule has 2 aromatic carbocycles. The lowest BCUT2D eigenvalue weighted by Crippen LogP contribution is -2.38. The van der Waals surface area contributed by atoms with Gasteiger partial charge in [0.1, 0.15) is 23.3 Å². The predicted molar refractivity (Wildman–Crippen MR) is 157 cm³/mol. The zero-order valence-corrected chi connectivity index (χ0v) is 24.9. The average Bonchev–Trinajstić information content (AvgIpc) is 3.72. The Hall–Kier alpha value is -3.90. The fourth-order valence-electron chi connectivity index (χ4n) is 3.83. The van der Waals surface area contributed by atoms with Crippen LogP contribution < -0.4 is 30.3 Å². The molecule has 4 rings (SSSR count). The van der Waals surface area contributed by atoms with Crippen molar-refractivity contribution in [2.24, 2.45) is 0 Å². The fourth-order valence-corrected chi connectivity index (χ4v) is 5.83. The Morgan fingerprint density at radius 2 is 1.83 bits per heavy atom. The summed E-state index contributed by atoms with van der Waals surface area (Å²) < 4.78 is 30.3. The Morgan fingerprint density at radius 1 is 1.10 bits per heavy atom. The number of anilines is 1. The minimum absolute atomic E-state index is 0.0283. The second-order valence-electron chi connectivity index (χ2n) is 9.83. The largest absolute Gasteiger partial charge is 0.496 e. The maximum atomic E-state index is 13.4. The summed E-state index contributed by atoms with van der Waals surface area (Å²) >= 11 is 6.38. The van der Waals surface area contributed by atoms with E-state index in [1.807, 2.05) is 0 Å². The minimum atomic E-state index is -4.17. The standard InChI is InChI=1S/C27H31ClN5O8P/c1-14(2)41-42(38,32-15(3)26(35)36)33-25(34)19-12-18-22(13-24(19)39-4)29-10-9-23(18)40-17-7-8-21(20(28)11-17)31-27(37)30-16-5-6-16/h7-16H,5-6H2,1-4H3,(H,35,36)(H2,30,31,37)(H2,32,33,34,38). The smallest absolute Gasteiger partial charge is 0.369 e. The summed E-state index contributed by atoms with van der Waals surface area (Å²) in [5.74, 6) is -1.34. The number of carboxylic acid groups (broad SMARTS) is 1. The molecule has 1 saturated carbocycles. The zero-order chi connectivity index (χ0) is 30.6. The number of amides is 3. The summed E-state index contributed by atoms with van der Waals surface area (Å²) in [5.41, 5.74) is 0.810. The number of urea groups is 1. The summed E-state index contributed by atoms with van der Waals surface area (Å²) in [6.07, 6.45) is 2.82. The van der Waals surface area contributed by atoms with Crippen LogP contribution in [0.15, 0.2) is 42.6 Å². The maximum absolute atomic E-state index is 13.4. The monoisotopic (exact) mass is 619 g/mol. The molecular formula is C27H31ClN5O8P. The summed E-state index contributed by atoms with van der Waals surface area (Å²) in [4.78, 5) is 41.1. The topological polar surface area (TPSA) is 177 Å². The number of aromatic nitrogens is 1. The number of pyridine rings is 1. The summed E-state index contributed by atoms with van der Waals surface area (Å²) in [7, 11) is -2.81. The molecule has 1 aromatic heterocycles. The van der Waals surface area contributed by atoms with Crippen molar-refractivity contribution in [3.8, 4) is 17.2 Å². The fraction of sp³-hybridized carbons (Fsp3) is 0.333. The lowest BCUT2D eigenvalue weighted by Gasteiger charge is -2.24. The van der Waals surface area contributed by atoms with E-state index in [0.717, 1.165) is 12.8 Å². The molecule has 15 heteroatoms. The second kappa shape index (κ2) is 13.0. The van der Waals surface area contributed by atoms with Gasteiger partial charge in [0.25, 0.3) is 5.91 Å². The quantitative estimate of drug-likeness (QED) is 0.167. The first-order chi connectivity index (χ1) is 19.9. The number of carboxylic acids is 1. The Morgan fingerprint density at radius 3 is 2.45 bits per heavy atom. The molecule has 3 amide bonds. The van der Waals surface area contributed by atoms with Gasteiger partial charge in [-0.25, -0.2) is 14.4 Å². The van der Waals surface area contributed by atoms with Crippen LogP contribution in [0.5, 0.6) is 17.2 Å². The number of halogens is 1. The van der Waals surface area contributed by atoms with Gasteiger partial charge in [-0.15, -0.1) is 0 Å². The molecule has 0 saturated heterocycles. The van der Waals surface area contributed by atoms with Gasteiger partial charge in [-0.05, 0) is 57.9 Å². The van der Waals surface area contributed by atoms with Crippen LogP contribution in [-0.4, -0.2) is 53.3 Å². The number of carbonyl (C=O) groups excluding carboxylic acids is 2. The normalized spacial score (nSPS) is 15.0. The van der Waals surface area contributed by atoms with Crippen molar-refractivity contribution >= 4 is 53.8 Å². The van der Waals surface area contributed by atoms with E-state index in [2.05, 4.69) is 25.8 Å². The molecule has 3 aromatic rings. The van der Waals surface area contributed by atoms with Crippen LogP contribution in [0.3, 0.4) is 0 Å². The number of methoxy groups -OCH3 is 1. The number of rotatable bonds is 12. The van der Waals surface area contributed by atoms with Crippen LogP contribution in [0.25, 0.3) is 10.9 Å². The summed E-state index contributed by atoms with van der Waals surface area (Å²) in [5, 5.41) is 20.1. The van der Waals surface area contributed by atoms with E-state index in [1.54, 1.807) is 32.0 Å². The van der Waals surface area contributed by atoms with Crippen molar-refractivity contribution in [1.29, 1.82) is 0 Å². The Bertz CT molecular complexity index is 1570. The molecule has 1 fully saturated rings. The molecule has 1 aliphatic carbocycles. The van der Waals surface area contributed by atoms with Gasteiger partial charge in [0.15, 0.2) is 0 Å². The summed E-state index contributed by atoms with van der Waals surface area (Å²) in [6.45, 7) is 4.46. The molecule has 0 aliphatic heterocycles. The number of hydrogen-bond donors (Lipinski definition) is 5. The van der Waals surface area contributed by atoms with E-state index in [0.29, 0.717) is 28.1 Å². The Balaban J connectivity index is 1.61. The first-order valence-corrected chi connectivity index (χ1v) is 15.0. The van der Waals surface area contributed by atoms with Gasteiger partial charge in [-0.1, -0.05) is 11.6 Å². The van der Waals surface area contributed by atoms with Crippen LogP contribution in [0, 0.1) is 0 Å². The van der Waals surface area contributed by atoms with Gasteiger partial charge in [0.05, 0.1) is 35.0 Å². The SMILES string of the molecule is COc1cc2nccc(Oc3ccc(NC(=O)NC4CC4)c(Cl)c3)c2cc1C(=O)NP(=O)(NC(C)C(=O)O)OC(C)C.